The first-order chi connectivity index (χ1) is 14.6. The summed E-state index contributed by atoms with van der Waals surface area (Å²) in [5.41, 5.74) is 2.60. The fourth-order valence-electron chi connectivity index (χ4n) is 2.66. The summed E-state index contributed by atoms with van der Waals surface area (Å²) in [6.45, 7) is 2.67. The molecule has 1 amide bonds. The fourth-order valence-corrected chi connectivity index (χ4v) is 3.39. The second-order valence-corrected chi connectivity index (χ2v) is 7.21. The van der Waals surface area contributed by atoms with E-state index in [2.05, 4.69) is 10.3 Å². The third-order valence-corrected chi connectivity index (χ3v) is 4.95. The van der Waals surface area contributed by atoms with Crippen LogP contribution >= 0.6 is 11.3 Å². The molecule has 30 heavy (non-hydrogen) atoms. The Morgan fingerprint density at radius 1 is 1.10 bits per heavy atom. The number of amides is 1. The summed E-state index contributed by atoms with van der Waals surface area (Å²) in [6.07, 6.45) is 4.11. The van der Waals surface area contributed by atoms with Crippen molar-refractivity contribution in [3.05, 3.63) is 59.5 Å². The van der Waals surface area contributed by atoms with E-state index in [9.17, 15) is 4.79 Å². The number of ether oxygens (including phenoxy) is 3. The van der Waals surface area contributed by atoms with Crippen molar-refractivity contribution in [1.29, 1.82) is 0 Å². The molecule has 0 aliphatic heterocycles. The van der Waals surface area contributed by atoms with Gasteiger partial charge in [-0.05, 0) is 54.5 Å². The highest BCUT2D eigenvalue weighted by molar-refractivity contribution is 7.14. The molecule has 1 N–H and O–H groups in total. The molecule has 0 radical (unpaired) electrons. The van der Waals surface area contributed by atoms with E-state index in [0.29, 0.717) is 23.2 Å². The number of hydrogen-bond acceptors (Lipinski definition) is 6. The minimum Gasteiger partial charge on any atom is -0.497 e. The number of nitrogens with zero attached hydrogens (tertiary/aromatic N) is 1. The van der Waals surface area contributed by atoms with Gasteiger partial charge >= 0.3 is 0 Å². The van der Waals surface area contributed by atoms with Crippen LogP contribution in [0.15, 0.2) is 53.9 Å². The van der Waals surface area contributed by atoms with Crippen LogP contribution in [-0.2, 0) is 4.79 Å². The normalized spacial score (nSPS) is 10.8. The van der Waals surface area contributed by atoms with Gasteiger partial charge in [0.15, 0.2) is 16.6 Å². The van der Waals surface area contributed by atoms with Crippen LogP contribution in [0.3, 0.4) is 0 Å². The lowest BCUT2D eigenvalue weighted by Crippen LogP contribution is -2.07. The Kier molecular flexibility index (Phi) is 7.45. The lowest BCUT2D eigenvalue weighted by atomic mass is 10.2. The van der Waals surface area contributed by atoms with Gasteiger partial charge in [-0.1, -0.05) is 13.0 Å². The van der Waals surface area contributed by atoms with E-state index in [1.54, 1.807) is 20.3 Å². The lowest BCUT2D eigenvalue weighted by Gasteiger charge is -2.10. The summed E-state index contributed by atoms with van der Waals surface area (Å²) in [6, 6.07) is 13.2. The molecule has 0 unspecified atom stereocenters. The van der Waals surface area contributed by atoms with Crippen LogP contribution in [-0.4, -0.2) is 31.7 Å². The molecule has 3 rings (SSSR count). The van der Waals surface area contributed by atoms with Crippen molar-refractivity contribution < 1.29 is 19.0 Å². The lowest BCUT2D eigenvalue weighted by molar-refractivity contribution is -0.111. The van der Waals surface area contributed by atoms with Crippen molar-refractivity contribution in [2.45, 2.75) is 13.3 Å². The molecule has 3 aromatic rings. The maximum Gasteiger partial charge on any atom is 0.250 e. The first kappa shape index (κ1) is 21.4. The van der Waals surface area contributed by atoms with Crippen molar-refractivity contribution in [2.75, 3.05) is 26.1 Å². The van der Waals surface area contributed by atoms with E-state index in [4.69, 9.17) is 14.2 Å². The van der Waals surface area contributed by atoms with Crippen molar-refractivity contribution in [1.82, 2.24) is 4.98 Å². The predicted octanol–water partition coefficient (Wildman–Crippen LogP) is 5.27. The second-order valence-electron chi connectivity index (χ2n) is 6.35. The van der Waals surface area contributed by atoms with Crippen molar-refractivity contribution in [3.8, 4) is 28.5 Å². The number of anilines is 1. The van der Waals surface area contributed by atoms with Gasteiger partial charge in [0.1, 0.15) is 5.75 Å². The summed E-state index contributed by atoms with van der Waals surface area (Å²) in [4.78, 5) is 16.7. The Morgan fingerprint density at radius 3 is 2.60 bits per heavy atom. The van der Waals surface area contributed by atoms with Crippen LogP contribution in [0.2, 0.25) is 0 Å². The molecular weight excluding hydrogens is 400 g/mol. The number of carbonyl (C=O) groups is 1. The van der Waals surface area contributed by atoms with E-state index >= 15 is 0 Å². The molecule has 0 aliphatic rings. The van der Waals surface area contributed by atoms with Crippen molar-refractivity contribution in [3.63, 3.8) is 0 Å². The Hall–Kier alpha value is -3.32. The van der Waals surface area contributed by atoms with Gasteiger partial charge in [0.2, 0.25) is 5.91 Å². The number of thiazole rings is 1. The van der Waals surface area contributed by atoms with Crippen LogP contribution < -0.4 is 19.5 Å². The van der Waals surface area contributed by atoms with Crippen LogP contribution in [0.1, 0.15) is 18.9 Å². The molecule has 0 aliphatic carbocycles. The summed E-state index contributed by atoms with van der Waals surface area (Å²) in [5, 5.41) is 5.24. The number of methoxy groups -OCH3 is 2. The van der Waals surface area contributed by atoms with Crippen molar-refractivity contribution >= 4 is 28.5 Å². The molecule has 7 heteroatoms. The van der Waals surface area contributed by atoms with Crippen molar-refractivity contribution in [2.24, 2.45) is 0 Å². The van der Waals surface area contributed by atoms with Gasteiger partial charge in [0.25, 0.3) is 0 Å². The average Bonchev–Trinajstić information content (AvgIpc) is 3.24. The number of benzene rings is 2. The monoisotopic (exact) mass is 424 g/mol. The molecule has 0 saturated carbocycles. The molecular formula is C23H24N2O4S. The van der Waals surface area contributed by atoms with Gasteiger partial charge in [-0.3, -0.25) is 10.1 Å². The SMILES string of the molecule is CCCOc1ccc(/C=C\C(=O)Nc2nc(-c3ccc(OC)cc3)cs2)cc1OC. The molecule has 1 aromatic heterocycles. The number of carbonyl (C=O) groups excluding carboxylic acids is 1. The van der Waals surface area contributed by atoms with Gasteiger partial charge in [-0.15, -0.1) is 11.3 Å². The third kappa shape index (κ3) is 5.61. The standard InChI is InChI=1S/C23H24N2O4S/c1-4-13-29-20-11-5-16(14-21(20)28-3)6-12-22(26)25-23-24-19(15-30-23)17-7-9-18(27-2)10-8-17/h5-12,14-15H,4,13H2,1-3H3,(H,24,25,26)/b12-6-. The third-order valence-electron chi connectivity index (χ3n) is 4.20. The van der Waals surface area contributed by atoms with E-state index in [1.807, 2.05) is 54.8 Å². The van der Waals surface area contributed by atoms with Gasteiger partial charge in [-0.25, -0.2) is 4.98 Å². The van der Waals surface area contributed by atoms with Gasteiger partial charge in [0.05, 0.1) is 26.5 Å². The largest absolute Gasteiger partial charge is 0.497 e. The van der Waals surface area contributed by atoms with Crippen LogP contribution in [0.5, 0.6) is 17.2 Å². The maximum absolute atomic E-state index is 12.3. The highest BCUT2D eigenvalue weighted by Gasteiger charge is 2.08. The molecule has 0 bridgehead atoms. The summed E-state index contributed by atoms with van der Waals surface area (Å²) in [7, 11) is 3.22. The molecule has 0 atom stereocenters. The molecule has 6 nitrogen and oxygen atoms in total. The Bertz CT molecular complexity index is 1010. The Balaban J connectivity index is 1.62. The topological polar surface area (TPSA) is 69.7 Å². The highest BCUT2D eigenvalue weighted by Crippen LogP contribution is 2.29. The maximum atomic E-state index is 12.3. The minimum atomic E-state index is -0.254. The number of aromatic nitrogens is 1. The molecule has 156 valence electrons. The van der Waals surface area contributed by atoms with E-state index in [-0.39, 0.29) is 5.91 Å². The first-order valence-electron chi connectivity index (χ1n) is 9.52. The average molecular weight is 425 g/mol. The zero-order valence-corrected chi connectivity index (χ0v) is 18.0. The molecule has 0 saturated heterocycles. The zero-order chi connectivity index (χ0) is 21.3. The number of nitrogens with one attached hydrogen (secondary N) is 1. The molecule has 2 aromatic carbocycles. The van der Waals surface area contributed by atoms with E-state index < -0.39 is 0 Å². The Labute approximate surface area is 180 Å². The second kappa shape index (κ2) is 10.5. The minimum absolute atomic E-state index is 0.254. The summed E-state index contributed by atoms with van der Waals surface area (Å²) in [5.74, 6) is 1.86. The predicted molar refractivity (Wildman–Crippen MR) is 121 cm³/mol. The smallest absolute Gasteiger partial charge is 0.250 e. The molecule has 0 spiro atoms. The highest BCUT2D eigenvalue weighted by atomic mass is 32.1. The van der Waals surface area contributed by atoms with Gasteiger partial charge in [0, 0.05) is 17.0 Å². The number of hydrogen-bond donors (Lipinski definition) is 1. The van der Waals surface area contributed by atoms with Gasteiger partial charge < -0.3 is 14.2 Å². The fraction of sp³-hybridized carbons (Fsp3) is 0.217. The summed E-state index contributed by atoms with van der Waals surface area (Å²) >= 11 is 1.38. The molecule has 1 heterocycles. The summed E-state index contributed by atoms with van der Waals surface area (Å²) < 4.78 is 16.2. The molecule has 0 fully saturated rings. The van der Waals surface area contributed by atoms with E-state index in [1.165, 1.54) is 17.4 Å². The Morgan fingerprint density at radius 2 is 1.90 bits per heavy atom. The first-order valence-corrected chi connectivity index (χ1v) is 10.4. The van der Waals surface area contributed by atoms with E-state index in [0.717, 1.165) is 29.0 Å². The van der Waals surface area contributed by atoms with Crippen LogP contribution in [0.4, 0.5) is 5.13 Å². The number of rotatable bonds is 9. The quantitative estimate of drug-likeness (QED) is 0.474. The van der Waals surface area contributed by atoms with Crippen LogP contribution in [0, 0.1) is 0 Å². The van der Waals surface area contributed by atoms with Crippen LogP contribution in [0.25, 0.3) is 17.3 Å². The van der Waals surface area contributed by atoms with Gasteiger partial charge in [-0.2, -0.15) is 0 Å². The zero-order valence-electron chi connectivity index (χ0n) is 17.2.